The summed E-state index contributed by atoms with van der Waals surface area (Å²) in [6.07, 6.45) is 7.52. The van der Waals surface area contributed by atoms with E-state index in [9.17, 15) is 4.79 Å². The van der Waals surface area contributed by atoms with Crippen LogP contribution in [-0.2, 0) is 0 Å². The number of benzene rings is 1. The van der Waals surface area contributed by atoms with Crippen LogP contribution in [0.15, 0.2) is 42.6 Å². The minimum Gasteiger partial charge on any atom is -0.372 e. The van der Waals surface area contributed by atoms with Gasteiger partial charge in [-0.05, 0) is 63.1 Å². The Hall–Kier alpha value is -2.76. The minimum atomic E-state index is -0.174. The van der Waals surface area contributed by atoms with Gasteiger partial charge in [-0.2, -0.15) is 0 Å². The van der Waals surface area contributed by atoms with Gasteiger partial charge in [0, 0.05) is 30.5 Å². The Balaban J connectivity index is 1.51. The van der Waals surface area contributed by atoms with E-state index in [0.29, 0.717) is 5.82 Å². The van der Waals surface area contributed by atoms with Gasteiger partial charge in [0.2, 0.25) is 0 Å². The fourth-order valence-electron chi connectivity index (χ4n) is 3.64. The van der Waals surface area contributed by atoms with Gasteiger partial charge in [-0.25, -0.2) is 9.78 Å². The molecule has 3 N–H and O–H groups in total. The number of carbonyl (C=O) groups excluding carboxylic acids is 1. The molecule has 0 bridgehead atoms. The Morgan fingerprint density at radius 1 is 1.00 bits per heavy atom. The number of carbonyl (C=O) groups is 1. The number of hydrogen-bond donors (Lipinski definition) is 3. The van der Waals surface area contributed by atoms with Crippen LogP contribution in [-0.4, -0.2) is 30.1 Å². The first-order valence-corrected chi connectivity index (χ1v) is 10.3. The topological polar surface area (TPSA) is 69.3 Å². The third-order valence-electron chi connectivity index (χ3n) is 5.23. The van der Waals surface area contributed by atoms with Crippen LogP contribution in [0.25, 0.3) is 0 Å². The van der Waals surface area contributed by atoms with Gasteiger partial charge in [0.15, 0.2) is 0 Å². The summed E-state index contributed by atoms with van der Waals surface area (Å²) in [6.45, 7) is 6.31. The maximum absolute atomic E-state index is 12.1. The molecule has 1 aromatic heterocycles. The van der Waals surface area contributed by atoms with Gasteiger partial charge >= 0.3 is 6.03 Å². The molecule has 0 radical (unpaired) electrons. The number of rotatable bonds is 7. The van der Waals surface area contributed by atoms with Crippen molar-refractivity contribution in [2.24, 2.45) is 0 Å². The van der Waals surface area contributed by atoms with Crippen LogP contribution in [0.5, 0.6) is 0 Å². The van der Waals surface area contributed by atoms with E-state index in [1.807, 2.05) is 12.1 Å². The van der Waals surface area contributed by atoms with E-state index in [4.69, 9.17) is 0 Å². The normalized spacial score (nSPS) is 14.4. The molecule has 2 amide bonds. The van der Waals surface area contributed by atoms with Gasteiger partial charge < -0.3 is 15.5 Å². The zero-order valence-corrected chi connectivity index (χ0v) is 16.9. The van der Waals surface area contributed by atoms with E-state index in [2.05, 4.69) is 63.9 Å². The fourth-order valence-corrected chi connectivity index (χ4v) is 3.64. The third-order valence-corrected chi connectivity index (χ3v) is 5.23. The van der Waals surface area contributed by atoms with Crippen molar-refractivity contribution >= 4 is 28.9 Å². The van der Waals surface area contributed by atoms with Gasteiger partial charge in [0.05, 0.1) is 11.9 Å². The first kappa shape index (κ1) is 20.0. The first-order chi connectivity index (χ1) is 13.7. The molecule has 1 aliphatic carbocycles. The number of anilines is 4. The molecule has 1 aliphatic rings. The van der Waals surface area contributed by atoms with E-state index in [1.54, 1.807) is 6.20 Å². The number of nitrogens with zero attached hydrogens (tertiary/aromatic N) is 2. The van der Waals surface area contributed by atoms with E-state index >= 15 is 0 Å². The number of aromatic nitrogens is 1. The zero-order valence-electron chi connectivity index (χ0n) is 16.9. The summed E-state index contributed by atoms with van der Waals surface area (Å²) in [5, 5.41) is 9.20. The molecule has 0 saturated heterocycles. The zero-order chi connectivity index (χ0) is 19.8. The van der Waals surface area contributed by atoms with Crippen LogP contribution >= 0.6 is 0 Å². The summed E-state index contributed by atoms with van der Waals surface area (Å²) in [5.74, 6) is 0.552. The molecule has 0 aliphatic heterocycles. The van der Waals surface area contributed by atoms with Gasteiger partial charge in [0.25, 0.3) is 0 Å². The molecule has 3 rings (SSSR count). The van der Waals surface area contributed by atoms with E-state index in [0.717, 1.165) is 37.3 Å². The van der Waals surface area contributed by atoms with Gasteiger partial charge in [-0.1, -0.05) is 19.3 Å². The van der Waals surface area contributed by atoms with Crippen LogP contribution in [0, 0.1) is 0 Å². The van der Waals surface area contributed by atoms with Crippen molar-refractivity contribution in [1.29, 1.82) is 0 Å². The van der Waals surface area contributed by atoms with Gasteiger partial charge in [0.1, 0.15) is 5.82 Å². The van der Waals surface area contributed by atoms with Crippen LogP contribution in [0.1, 0.15) is 46.0 Å². The largest absolute Gasteiger partial charge is 0.372 e. The van der Waals surface area contributed by atoms with Crippen LogP contribution in [0.4, 0.5) is 27.7 Å². The van der Waals surface area contributed by atoms with Crippen LogP contribution in [0.3, 0.4) is 0 Å². The highest BCUT2D eigenvalue weighted by Gasteiger charge is 2.15. The van der Waals surface area contributed by atoms with E-state index < -0.39 is 0 Å². The minimum absolute atomic E-state index is 0.174. The molecule has 0 spiro atoms. The van der Waals surface area contributed by atoms with Crippen molar-refractivity contribution < 1.29 is 4.79 Å². The van der Waals surface area contributed by atoms with Crippen molar-refractivity contribution in [2.75, 3.05) is 28.6 Å². The Labute approximate surface area is 167 Å². The highest BCUT2D eigenvalue weighted by atomic mass is 16.2. The fraction of sp³-hybridized carbons (Fsp3) is 0.455. The Morgan fingerprint density at radius 2 is 1.68 bits per heavy atom. The summed E-state index contributed by atoms with van der Waals surface area (Å²) < 4.78 is 0. The lowest BCUT2D eigenvalue weighted by atomic mass is 9.96. The predicted octanol–water partition coefficient (Wildman–Crippen LogP) is 5.13. The third kappa shape index (κ3) is 5.62. The maximum Gasteiger partial charge on any atom is 0.320 e. The van der Waals surface area contributed by atoms with Crippen molar-refractivity contribution in [3.8, 4) is 0 Å². The van der Waals surface area contributed by atoms with Gasteiger partial charge in [-0.3, -0.25) is 5.32 Å². The van der Waals surface area contributed by atoms with Crippen molar-refractivity contribution in [2.45, 2.75) is 52.0 Å². The lowest BCUT2D eigenvalue weighted by Gasteiger charge is -2.22. The quantitative estimate of drug-likeness (QED) is 0.622. The smallest absolute Gasteiger partial charge is 0.320 e. The van der Waals surface area contributed by atoms with Crippen LogP contribution < -0.4 is 20.9 Å². The second-order valence-corrected chi connectivity index (χ2v) is 7.21. The number of hydrogen-bond acceptors (Lipinski definition) is 4. The SMILES string of the molecule is CCN(CC)c1ccc(Nc2ccc(NC(=O)NC3CCCCC3)nc2)cc1. The Bertz CT molecular complexity index is 735. The second-order valence-electron chi connectivity index (χ2n) is 7.21. The van der Waals surface area contributed by atoms with Crippen molar-refractivity contribution in [1.82, 2.24) is 10.3 Å². The van der Waals surface area contributed by atoms with Crippen LogP contribution in [0.2, 0.25) is 0 Å². The average Bonchev–Trinajstić information content (AvgIpc) is 2.72. The number of urea groups is 1. The van der Waals surface area contributed by atoms with E-state index in [-0.39, 0.29) is 12.1 Å². The lowest BCUT2D eigenvalue weighted by molar-refractivity contribution is 0.244. The molecule has 1 heterocycles. The summed E-state index contributed by atoms with van der Waals surface area (Å²) in [6, 6.07) is 12.2. The number of pyridine rings is 1. The standard InChI is InChI=1S/C22H31N5O/c1-3-27(4-2)20-13-10-18(11-14-20)24-19-12-15-21(23-16-19)26-22(28)25-17-8-6-5-7-9-17/h10-17,24H,3-9H2,1-2H3,(H2,23,25,26,28). The average molecular weight is 382 g/mol. The molecular weight excluding hydrogens is 350 g/mol. The molecule has 2 aromatic rings. The molecule has 28 heavy (non-hydrogen) atoms. The monoisotopic (exact) mass is 381 g/mol. The molecule has 1 aromatic carbocycles. The summed E-state index contributed by atoms with van der Waals surface area (Å²) in [5.41, 5.74) is 3.11. The summed E-state index contributed by atoms with van der Waals surface area (Å²) in [4.78, 5) is 18.8. The lowest BCUT2D eigenvalue weighted by Crippen LogP contribution is -2.39. The Morgan fingerprint density at radius 3 is 2.29 bits per heavy atom. The molecule has 6 heteroatoms. The summed E-state index contributed by atoms with van der Waals surface area (Å²) in [7, 11) is 0. The van der Waals surface area contributed by atoms with Crippen molar-refractivity contribution in [3.63, 3.8) is 0 Å². The second kappa shape index (κ2) is 9.97. The molecular formula is C22H31N5O. The highest BCUT2D eigenvalue weighted by Crippen LogP contribution is 2.21. The summed E-state index contributed by atoms with van der Waals surface area (Å²) >= 11 is 0. The Kier molecular flexibility index (Phi) is 7.12. The molecule has 6 nitrogen and oxygen atoms in total. The highest BCUT2D eigenvalue weighted by molar-refractivity contribution is 5.88. The molecule has 1 fully saturated rings. The van der Waals surface area contributed by atoms with E-state index in [1.165, 1.54) is 24.9 Å². The van der Waals surface area contributed by atoms with Crippen molar-refractivity contribution in [3.05, 3.63) is 42.6 Å². The first-order valence-electron chi connectivity index (χ1n) is 10.3. The molecule has 150 valence electrons. The molecule has 1 saturated carbocycles. The maximum atomic E-state index is 12.1. The number of amides is 2. The predicted molar refractivity (Wildman–Crippen MR) is 117 cm³/mol. The number of nitrogens with one attached hydrogen (secondary N) is 3. The molecule has 0 unspecified atom stereocenters. The van der Waals surface area contributed by atoms with Gasteiger partial charge in [-0.15, -0.1) is 0 Å². The molecule has 0 atom stereocenters.